The second-order valence-electron chi connectivity index (χ2n) is 4.00. The zero-order chi connectivity index (χ0) is 14.3. The van der Waals surface area contributed by atoms with Crippen LogP contribution in [-0.4, -0.2) is 11.6 Å². The molecule has 8 heteroatoms. The maximum absolute atomic E-state index is 12.5. The molecule has 0 spiro atoms. The quantitative estimate of drug-likeness (QED) is 0.732. The maximum atomic E-state index is 12.5. The average Bonchev–Trinajstić information content (AvgIpc) is 2.79. The summed E-state index contributed by atoms with van der Waals surface area (Å²) in [5, 5.41) is 0. The monoisotopic (exact) mass is 284 g/mol. The van der Waals surface area contributed by atoms with Crippen LogP contribution < -0.4 is 0 Å². The molecule has 1 aromatic rings. The molecule has 1 saturated heterocycles. The minimum Gasteiger partial charge on any atom is -0.367 e. The fourth-order valence-corrected chi connectivity index (χ4v) is 1.71. The van der Waals surface area contributed by atoms with Gasteiger partial charge < -0.3 is 4.74 Å². The SMILES string of the molecule is FC(F)(F)c1cc([C]2CCCO2)cc(C(F)(F)F)n1. The summed E-state index contributed by atoms with van der Waals surface area (Å²) < 4.78 is 80.3. The molecule has 2 heterocycles. The molecule has 1 aliphatic heterocycles. The van der Waals surface area contributed by atoms with E-state index in [4.69, 9.17) is 4.74 Å². The number of nitrogens with zero attached hydrogens (tertiary/aromatic N) is 1. The predicted molar refractivity (Wildman–Crippen MR) is 51.8 cm³/mol. The Morgan fingerprint density at radius 2 is 1.47 bits per heavy atom. The van der Waals surface area contributed by atoms with Crippen molar-refractivity contribution in [2.45, 2.75) is 25.2 Å². The molecule has 0 saturated carbocycles. The molecule has 1 fully saturated rings. The van der Waals surface area contributed by atoms with Gasteiger partial charge in [-0.2, -0.15) is 26.3 Å². The molecule has 0 bridgehead atoms. The van der Waals surface area contributed by atoms with Gasteiger partial charge in [0.1, 0.15) is 17.5 Å². The number of hydrogen-bond acceptors (Lipinski definition) is 2. The highest BCUT2D eigenvalue weighted by atomic mass is 19.4. The fraction of sp³-hybridized carbons (Fsp3) is 0.455. The Balaban J connectivity index is 2.48. The maximum Gasteiger partial charge on any atom is 0.433 e. The number of aromatic nitrogens is 1. The Morgan fingerprint density at radius 1 is 0.947 bits per heavy atom. The van der Waals surface area contributed by atoms with Crippen LogP contribution in [0.1, 0.15) is 29.8 Å². The van der Waals surface area contributed by atoms with Crippen LogP contribution in [0.3, 0.4) is 0 Å². The molecule has 0 atom stereocenters. The minimum atomic E-state index is -4.94. The lowest BCUT2D eigenvalue weighted by atomic mass is 10.1. The smallest absolute Gasteiger partial charge is 0.367 e. The minimum absolute atomic E-state index is 0.137. The zero-order valence-electron chi connectivity index (χ0n) is 9.40. The Bertz CT molecular complexity index is 429. The molecule has 19 heavy (non-hydrogen) atoms. The van der Waals surface area contributed by atoms with Gasteiger partial charge in [-0.15, -0.1) is 0 Å². The van der Waals surface area contributed by atoms with Crippen LogP contribution in [0.4, 0.5) is 26.3 Å². The normalized spacial score (nSPS) is 18.0. The highest BCUT2D eigenvalue weighted by Gasteiger charge is 2.39. The third-order valence-electron chi connectivity index (χ3n) is 2.55. The van der Waals surface area contributed by atoms with Gasteiger partial charge in [-0.05, 0) is 30.5 Å². The van der Waals surface area contributed by atoms with E-state index in [1.165, 1.54) is 0 Å². The van der Waals surface area contributed by atoms with Gasteiger partial charge in [-0.3, -0.25) is 0 Å². The van der Waals surface area contributed by atoms with Gasteiger partial charge in [0, 0.05) is 6.61 Å². The summed E-state index contributed by atoms with van der Waals surface area (Å²) in [5.74, 6) is 0. The van der Waals surface area contributed by atoms with Gasteiger partial charge in [0.05, 0.1) is 0 Å². The van der Waals surface area contributed by atoms with Gasteiger partial charge in [0.25, 0.3) is 0 Å². The lowest BCUT2D eigenvalue weighted by Gasteiger charge is -2.15. The van der Waals surface area contributed by atoms with Gasteiger partial charge in [0.15, 0.2) is 0 Å². The number of alkyl halides is 6. The molecule has 0 unspecified atom stereocenters. The van der Waals surface area contributed by atoms with Crippen molar-refractivity contribution in [3.63, 3.8) is 0 Å². The van der Waals surface area contributed by atoms with Gasteiger partial charge >= 0.3 is 12.4 Å². The number of ether oxygens (including phenoxy) is 1. The van der Waals surface area contributed by atoms with Crippen LogP contribution in [0.25, 0.3) is 0 Å². The van der Waals surface area contributed by atoms with E-state index in [2.05, 4.69) is 4.98 Å². The van der Waals surface area contributed by atoms with Gasteiger partial charge in [-0.1, -0.05) is 0 Å². The molecular weight excluding hydrogens is 276 g/mol. The van der Waals surface area contributed by atoms with Crippen molar-refractivity contribution in [3.8, 4) is 0 Å². The Labute approximate surface area is 104 Å². The molecule has 2 rings (SSSR count). The van der Waals surface area contributed by atoms with Crippen LogP contribution >= 0.6 is 0 Å². The number of rotatable bonds is 1. The fourth-order valence-electron chi connectivity index (χ4n) is 1.71. The van der Waals surface area contributed by atoms with Crippen molar-refractivity contribution in [1.29, 1.82) is 0 Å². The molecule has 0 aliphatic carbocycles. The third-order valence-corrected chi connectivity index (χ3v) is 2.55. The van der Waals surface area contributed by atoms with Gasteiger partial charge in [0.2, 0.25) is 0 Å². The molecule has 2 nitrogen and oxygen atoms in total. The summed E-state index contributed by atoms with van der Waals surface area (Å²) in [6.07, 6.45) is -8.85. The van der Waals surface area contributed by atoms with Crippen LogP contribution in [0.5, 0.6) is 0 Å². The van der Waals surface area contributed by atoms with Crippen molar-refractivity contribution < 1.29 is 31.1 Å². The Hall–Kier alpha value is -1.31. The molecule has 0 amide bonds. The first-order valence-corrected chi connectivity index (χ1v) is 5.33. The number of halogens is 6. The zero-order valence-corrected chi connectivity index (χ0v) is 9.40. The Morgan fingerprint density at radius 3 is 1.84 bits per heavy atom. The van der Waals surface area contributed by atoms with E-state index in [-0.39, 0.29) is 11.7 Å². The van der Waals surface area contributed by atoms with Crippen LogP contribution in [-0.2, 0) is 17.1 Å². The molecule has 0 N–H and O–H groups in total. The number of hydrogen-bond donors (Lipinski definition) is 0. The lowest BCUT2D eigenvalue weighted by Crippen LogP contribution is -2.16. The largest absolute Gasteiger partial charge is 0.433 e. The van der Waals surface area contributed by atoms with Gasteiger partial charge in [-0.25, -0.2) is 4.98 Å². The van der Waals surface area contributed by atoms with Crippen LogP contribution in [0.2, 0.25) is 0 Å². The molecule has 0 aromatic carbocycles. The van der Waals surface area contributed by atoms with E-state index in [1.807, 2.05) is 0 Å². The predicted octanol–water partition coefficient (Wildman–Crippen LogP) is 3.81. The second kappa shape index (κ2) is 4.66. The summed E-state index contributed by atoms with van der Waals surface area (Å²) in [7, 11) is 0. The van der Waals surface area contributed by atoms with E-state index in [0.717, 1.165) is 0 Å². The third kappa shape index (κ3) is 3.17. The van der Waals surface area contributed by atoms with E-state index in [9.17, 15) is 26.3 Å². The van der Waals surface area contributed by atoms with Crippen LogP contribution in [0, 0.1) is 6.10 Å². The van der Waals surface area contributed by atoms with Crippen molar-refractivity contribution >= 4 is 0 Å². The first-order chi connectivity index (χ1) is 8.68. The first kappa shape index (κ1) is 14.1. The molecule has 1 aliphatic rings. The highest BCUT2D eigenvalue weighted by molar-refractivity contribution is 5.33. The van der Waals surface area contributed by atoms with E-state index < -0.39 is 23.7 Å². The van der Waals surface area contributed by atoms with Crippen molar-refractivity contribution in [3.05, 3.63) is 35.2 Å². The molecular formula is C11H8F6NO. The average molecular weight is 284 g/mol. The van der Waals surface area contributed by atoms with E-state index in [0.29, 0.717) is 31.6 Å². The summed E-state index contributed by atoms with van der Waals surface area (Å²) in [6, 6.07) is 1.16. The second-order valence-corrected chi connectivity index (χ2v) is 4.00. The first-order valence-electron chi connectivity index (χ1n) is 5.33. The molecule has 1 radical (unpaired) electrons. The summed E-state index contributed by atoms with van der Waals surface area (Å²) >= 11 is 0. The van der Waals surface area contributed by atoms with Crippen molar-refractivity contribution in [1.82, 2.24) is 4.98 Å². The Kier molecular flexibility index (Phi) is 3.46. The summed E-state index contributed by atoms with van der Waals surface area (Å²) in [5.41, 5.74) is -3.35. The standard InChI is InChI=1S/C11H8F6NO/c12-10(13,14)8-4-6(7-2-1-3-19-7)5-9(18-8)11(15,16)17/h4-5H,1-3H2. The number of pyridine rings is 1. The van der Waals surface area contributed by atoms with Crippen molar-refractivity contribution in [2.24, 2.45) is 0 Å². The van der Waals surface area contributed by atoms with E-state index >= 15 is 0 Å². The lowest BCUT2D eigenvalue weighted by molar-refractivity contribution is -0.150. The topological polar surface area (TPSA) is 22.1 Å². The summed E-state index contributed by atoms with van der Waals surface area (Å²) in [4.78, 5) is 2.63. The molecule has 105 valence electrons. The van der Waals surface area contributed by atoms with E-state index in [1.54, 1.807) is 0 Å². The van der Waals surface area contributed by atoms with Crippen LogP contribution in [0.15, 0.2) is 12.1 Å². The highest BCUT2D eigenvalue weighted by Crippen LogP contribution is 2.37. The van der Waals surface area contributed by atoms with Crippen molar-refractivity contribution in [2.75, 3.05) is 6.61 Å². The molecule has 1 aromatic heterocycles. The summed E-state index contributed by atoms with van der Waals surface area (Å²) in [6.45, 7) is 0.292.